The lowest BCUT2D eigenvalue weighted by Crippen LogP contribution is -2.33. The van der Waals surface area contributed by atoms with Crippen LogP contribution in [0.15, 0.2) is 121 Å². The molecule has 6 aromatic carbocycles. The highest BCUT2D eigenvalue weighted by atomic mass is 16.6. The number of benzene rings is 6. The standard InChI is InChI=1S/2C24H22N2O3.12C2H6/c2*1-25(2)15-9-11-19-21(13-15)28-22-14-16(26(3)4)10-12-20(22)24(19)18-8-6-5-7-17(18)23(27)29-24;12*1-2/h2*5-14H,1-4H3;12*1-2H3. The molecular formula is C72H116N4O6. The first-order valence-corrected chi connectivity index (χ1v) is 31.1. The molecule has 0 fully saturated rings. The quantitative estimate of drug-likeness (QED) is 0.159. The Morgan fingerprint density at radius 2 is 0.463 bits per heavy atom. The van der Waals surface area contributed by atoms with Gasteiger partial charge in [-0.05, 0) is 60.7 Å². The van der Waals surface area contributed by atoms with Crippen LogP contribution in [0.3, 0.4) is 0 Å². The zero-order chi connectivity index (χ0) is 64.7. The number of rotatable bonds is 4. The first-order valence-electron chi connectivity index (χ1n) is 31.1. The fourth-order valence-corrected chi connectivity index (χ4v) is 8.42. The summed E-state index contributed by atoms with van der Waals surface area (Å²) in [5.74, 6) is 2.17. The smallest absolute Gasteiger partial charge is 0.340 e. The first kappa shape index (κ1) is 81.5. The van der Waals surface area contributed by atoms with E-state index in [9.17, 15) is 9.59 Å². The Morgan fingerprint density at radius 1 is 0.268 bits per heavy atom. The molecule has 0 N–H and O–H groups in total. The van der Waals surface area contributed by atoms with Crippen molar-refractivity contribution < 1.29 is 28.5 Å². The summed E-state index contributed by atoms with van der Waals surface area (Å²) in [6.45, 7) is 48.0. The van der Waals surface area contributed by atoms with Crippen molar-refractivity contribution in [3.63, 3.8) is 0 Å². The molecule has 0 bridgehead atoms. The summed E-state index contributed by atoms with van der Waals surface area (Å²) in [4.78, 5) is 33.8. The van der Waals surface area contributed by atoms with Gasteiger partial charge in [-0.15, -0.1) is 0 Å². The maximum absolute atomic E-state index is 12.8. The van der Waals surface area contributed by atoms with Crippen LogP contribution in [0.5, 0.6) is 23.0 Å². The van der Waals surface area contributed by atoms with Gasteiger partial charge in [-0.3, -0.25) is 0 Å². The van der Waals surface area contributed by atoms with E-state index in [-0.39, 0.29) is 11.9 Å². The summed E-state index contributed by atoms with van der Waals surface area (Å²) in [6.07, 6.45) is 0. The zero-order valence-corrected chi connectivity index (χ0v) is 57.8. The van der Waals surface area contributed by atoms with Gasteiger partial charge in [0.1, 0.15) is 23.0 Å². The molecule has 0 aromatic heterocycles. The van der Waals surface area contributed by atoms with Crippen LogP contribution >= 0.6 is 0 Å². The SMILES string of the molecule is CC.CC.CC.CC.CC.CC.CC.CC.CC.CC.CC.CC.CN(C)c1ccc2c(c1)Oc1cc(N(C)C)ccc1C21OC(=O)c2ccccc21.CN(C)c1ccc2c(c1)Oc1cc(N(C)C)ccc1C21OC(=O)c2ccccc21. The lowest BCUT2D eigenvalue weighted by Gasteiger charge is -2.37. The van der Waals surface area contributed by atoms with Crippen molar-refractivity contribution in [1.82, 2.24) is 0 Å². The van der Waals surface area contributed by atoms with Gasteiger partial charge >= 0.3 is 11.9 Å². The molecule has 0 saturated heterocycles. The van der Waals surface area contributed by atoms with Crippen LogP contribution in [-0.4, -0.2) is 68.3 Å². The van der Waals surface area contributed by atoms with E-state index < -0.39 is 11.2 Å². The van der Waals surface area contributed by atoms with Gasteiger partial charge in [-0.2, -0.15) is 0 Å². The van der Waals surface area contributed by atoms with Gasteiger partial charge in [0.05, 0.1) is 11.1 Å². The summed E-state index contributed by atoms with van der Waals surface area (Å²) in [6, 6.07) is 39.3. The minimum absolute atomic E-state index is 0.312. The third kappa shape index (κ3) is 18.0. The number of esters is 2. The third-order valence-corrected chi connectivity index (χ3v) is 11.4. The molecule has 460 valence electrons. The molecule has 0 atom stereocenters. The zero-order valence-electron chi connectivity index (χ0n) is 57.8. The second kappa shape index (κ2) is 43.7. The van der Waals surface area contributed by atoms with E-state index in [2.05, 4.69) is 0 Å². The van der Waals surface area contributed by atoms with Crippen molar-refractivity contribution in [3.05, 3.63) is 166 Å². The Morgan fingerprint density at radius 3 is 0.659 bits per heavy atom. The number of hydrogen-bond donors (Lipinski definition) is 0. The molecule has 0 aliphatic carbocycles. The molecule has 10 nitrogen and oxygen atoms in total. The Labute approximate surface area is 503 Å². The van der Waals surface area contributed by atoms with Crippen LogP contribution in [0.25, 0.3) is 0 Å². The number of ether oxygens (including phenoxy) is 4. The molecule has 0 amide bonds. The van der Waals surface area contributed by atoms with Gasteiger partial charge in [0, 0.05) is 137 Å². The summed E-state index contributed by atoms with van der Waals surface area (Å²) in [5.41, 5.74) is 8.31. The van der Waals surface area contributed by atoms with Crippen molar-refractivity contribution >= 4 is 34.7 Å². The number of anilines is 4. The molecule has 4 aliphatic heterocycles. The number of carbonyl (C=O) groups excluding carboxylic acids is 2. The summed E-state index contributed by atoms with van der Waals surface area (Å²) < 4.78 is 25.0. The molecule has 0 unspecified atom stereocenters. The number of fused-ring (bicyclic) bond motifs is 12. The van der Waals surface area contributed by atoms with Gasteiger partial charge in [-0.25, -0.2) is 9.59 Å². The maximum atomic E-state index is 12.8. The van der Waals surface area contributed by atoms with Crippen LogP contribution in [0.1, 0.15) is 220 Å². The van der Waals surface area contributed by atoms with E-state index in [1.807, 2.05) is 363 Å². The third-order valence-electron chi connectivity index (χ3n) is 11.4. The highest BCUT2D eigenvalue weighted by Crippen LogP contribution is 2.58. The molecule has 0 radical (unpaired) electrons. The number of nitrogens with zero attached hydrogens (tertiary/aromatic N) is 4. The average Bonchev–Trinajstić information content (AvgIpc) is 4.03. The highest BCUT2D eigenvalue weighted by Gasteiger charge is 2.55. The predicted octanol–water partition coefficient (Wildman–Crippen LogP) is 21.1. The van der Waals surface area contributed by atoms with E-state index in [4.69, 9.17) is 18.9 Å². The van der Waals surface area contributed by atoms with Crippen molar-refractivity contribution in [2.24, 2.45) is 0 Å². The van der Waals surface area contributed by atoms with E-state index in [1.165, 1.54) is 0 Å². The normalized spacial score (nSPS) is 11.6. The summed E-state index contributed by atoms with van der Waals surface area (Å²) in [5, 5.41) is 0. The van der Waals surface area contributed by atoms with Gasteiger partial charge < -0.3 is 38.5 Å². The monoisotopic (exact) mass is 1130 g/mol. The fraction of sp³-hybridized carbons (Fsp3) is 0.472. The van der Waals surface area contributed by atoms with E-state index in [0.717, 1.165) is 56.1 Å². The molecule has 0 saturated carbocycles. The predicted molar refractivity (Wildman–Crippen MR) is 363 cm³/mol. The second-order valence-electron chi connectivity index (χ2n) is 15.7. The molecule has 4 aliphatic rings. The van der Waals surface area contributed by atoms with E-state index >= 15 is 0 Å². The van der Waals surface area contributed by atoms with Crippen LogP contribution in [0.4, 0.5) is 22.7 Å². The molecule has 6 aromatic rings. The van der Waals surface area contributed by atoms with E-state index in [1.54, 1.807) is 0 Å². The second-order valence-corrected chi connectivity index (χ2v) is 15.7. The Balaban J connectivity index is -0.000000544. The van der Waals surface area contributed by atoms with Crippen LogP contribution in [0.2, 0.25) is 0 Å². The highest BCUT2D eigenvalue weighted by molar-refractivity contribution is 5.98. The number of carbonyl (C=O) groups is 2. The van der Waals surface area contributed by atoms with Gasteiger partial charge in [-0.1, -0.05) is 203 Å². The Bertz CT molecular complexity index is 2370. The summed E-state index contributed by atoms with van der Waals surface area (Å²) >= 11 is 0. The van der Waals surface area contributed by atoms with Crippen LogP contribution in [-0.2, 0) is 20.7 Å². The minimum atomic E-state index is -1.01. The number of hydrogen-bond acceptors (Lipinski definition) is 10. The van der Waals surface area contributed by atoms with Crippen molar-refractivity contribution in [3.8, 4) is 23.0 Å². The molecule has 10 rings (SSSR count). The van der Waals surface area contributed by atoms with Crippen molar-refractivity contribution in [1.29, 1.82) is 0 Å². The van der Waals surface area contributed by atoms with Gasteiger partial charge in [0.15, 0.2) is 11.2 Å². The van der Waals surface area contributed by atoms with Crippen LogP contribution in [0, 0.1) is 0 Å². The summed E-state index contributed by atoms with van der Waals surface area (Å²) in [7, 11) is 15.9. The molecular weight excluding hydrogens is 1020 g/mol. The average molecular weight is 1130 g/mol. The maximum Gasteiger partial charge on any atom is 0.340 e. The minimum Gasteiger partial charge on any atom is -0.456 e. The Kier molecular flexibility index (Phi) is 43.5. The first-order chi connectivity index (χ1) is 39.8. The molecule has 82 heavy (non-hydrogen) atoms. The largest absolute Gasteiger partial charge is 0.456 e. The Hall–Kier alpha value is -6.94. The fourth-order valence-electron chi connectivity index (χ4n) is 8.42. The van der Waals surface area contributed by atoms with Crippen molar-refractivity contribution in [2.45, 2.75) is 177 Å². The van der Waals surface area contributed by atoms with Crippen molar-refractivity contribution in [2.75, 3.05) is 76.0 Å². The molecule has 4 heterocycles. The molecule has 2 spiro atoms. The topological polar surface area (TPSA) is 84.0 Å². The van der Waals surface area contributed by atoms with Gasteiger partial charge in [0.2, 0.25) is 0 Å². The van der Waals surface area contributed by atoms with Gasteiger partial charge in [0.25, 0.3) is 0 Å². The van der Waals surface area contributed by atoms with Crippen LogP contribution < -0.4 is 29.1 Å². The lowest BCUT2D eigenvalue weighted by atomic mass is 9.77. The lowest BCUT2D eigenvalue weighted by molar-refractivity contribution is 0.0214. The molecule has 10 heteroatoms. The van der Waals surface area contributed by atoms with E-state index in [0.29, 0.717) is 34.1 Å².